The van der Waals surface area contributed by atoms with Gasteiger partial charge in [0.05, 0.1) is 5.56 Å². The number of rotatable bonds is 2. The number of likely N-dealkylation sites (tertiary alicyclic amines) is 1. The Hall–Kier alpha value is -0.350. The molecular weight excluding hydrogens is 262 g/mol. The molecule has 1 aliphatic heterocycles. The van der Waals surface area contributed by atoms with Crippen molar-refractivity contribution in [1.82, 2.24) is 4.90 Å². The van der Waals surface area contributed by atoms with E-state index in [0.717, 1.165) is 30.3 Å². The maximum absolute atomic E-state index is 12.0. The number of carbonyl (C=O) groups excluding carboxylic acids is 1. The summed E-state index contributed by atoms with van der Waals surface area (Å²) in [4.78, 5) is 14.0. The summed E-state index contributed by atoms with van der Waals surface area (Å²) in [6.45, 7) is 0.908. The molecule has 1 atom stereocenters. The molecule has 1 amide bonds. The number of halogens is 1. The van der Waals surface area contributed by atoms with Crippen LogP contribution in [0.15, 0.2) is 16.8 Å². The molecule has 0 spiro atoms. The van der Waals surface area contributed by atoms with E-state index in [9.17, 15) is 4.79 Å². The van der Waals surface area contributed by atoms with Crippen molar-refractivity contribution in [2.75, 3.05) is 11.9 Å². The summed E-state index contributed by atoms with van der Waals surface area (Å²) in [5.74, 6) is 0.188. The summed E-state index contributed by atoms with van der Waals surface area (Å²) in [6, 6.07) is 2.29. The second-order valence-corrected chi connectivity index (χ2v) is 4.89. The van der Waals surface area contributed by atoms with Gasteiger partial charge >= 0.3 is 0 Å². The summed E-state index contributed by atoms with van der Waals surface area (Å²) in [5, 5.41) is 4.77. The van der Waals surface area contributed by atoms with Gasteiger partial charge in [0.1, 0.15) is 0 Å². The number of hydrogen-bond donors (Lipinski definition) is 0. The SMILES string of the molecule is O=C(c1ccsc1)N1CCCC1CBr. The third-order valence-electron chi connectivity index (χ3n) is 2.58. The molecule has 14 heavy (non-hydrogen) atoms. The molecule has 0 bridgehead atoms. The second-order valence-electron chi connectivity index (χ2n) is 3.46. The normalized spacial score (nSPS) is 21.5. The van der Waals surface area contributed by atoms with Crippen molar-refractivity contribution in [3.05, 3.63) is 22.4 Å². The van der Waals surface area contributed by atoms with Gasteiger partial charge in [-0.3, -0.25) is 4.79 Å². The van der Waals surface area contributed by atoms with Crippen LogP contribution in [0.3, 0.4) is 0 Å². The smallest absolute Gasteiger partial charge is 0.254 e. The molecular formula is C10H12BrNOS. The van der Waals surface area contributed by atoms with Crippen molar-refractivity contribution < 1.29 is 4.79 Å². The summed E-state index contributed by atoms with van der Waals surface area (Å²) >= 11 is 5.03. The lowest BCUT2D eigenvalue weighted by molar-refractivity contribution is 0.0751. The molecule has 2 rings (SSSR count). The van der Waals surface area contributed by atoms with E-state index in [0.29, 0.717) is 6.04 Å². The second kappa shape index (κ2) is 4.45. The van der Waals surface area contributed by atoms with E-state index >= 15 is 0 Å². The predicted octanol–water partition coefficient (Wildman–Crippen LogP) is 2.75. The Balaban J connectivity index is 2.11. The van der Waals surface area contributed by atoms with E-state index in [1.807, 2.05) is 21.7 Å². The molecule has 1 saturated heterocycles. The molecule has 1 aliphatic rings. The molecule has 0 radical (unpaired) electrons. The largest absolute Gasteiger partial charge is 0.335 e. The molecule has 2 heterocycles. The van der Waals surface area contributed by atoms with Gasteiger partial charge in [-0.15, -0.1) is 0 Å². The first kappa shape index (κ1) is 10.2. The summed E-state index contributed by atoms with van der Waals surface area (Å²) in [5.41, 5.74) is 0.836. The quantitative estimate of drug-likeness (QED) is 0.759. The number of hydrogen-bond acceptors (Lipinski definition) is 2. The van der Waals surface area contributed by atoms with Gasteiger partial charge in [-0.1, -0.05) is 15.9 Å². The highest BCUT2D eigenvalue weighted by molar-refractivity contribution is 9.09. The fourth-order valence-corrected chi connectivity index (χ4v) is 3.12. The third kappa shape index (κ3) is 1.86. The first-order valence-electron chi connectivity index (χ1n) is 4.72. The van der Waals surface area contributed by atoms with E-state index in [2.05, 4.69) is 15.9 Å². The number of nitrogens with zero attached hydrogens (tertiary/aromatic N) is 1. The van der Waals surface area contributed by atoms with Crippen LogP contribution in [0.5, 0.6) is 0 Å². The molecule has 1 aromatic rings. The number of thiophene rings is 1. The first-order chi connectivity index (χ1) is 6.83. The molecule has 76 valence electrons. The summed E-state index contributed by atoms with van der Waals surface area (Å²) in [6.07, 6.45) is 2.26. The van der Waals surface area contributed by atoms with Crippen LogP contribution in [-0.2, 0) is 0 Å². The van der Waals surface area contributed by atoms with Crippen LogP contribution < -0.4 is 0 Å². The fourth-order valence-electron chi connectivity index (χ4n) is 1.82. The lowest BCUT2D eigenvalue weighted by atomic mass is 10.2. The molecule has 1 unspecified atom stereocenters. The zero-order valence-electron chi connectivity index (χ0n) is 7.78. The lowest BCUT2D eigenvalue weighted by Crippen LogP contribution is -2.36. The minimum atomic E-state index is 0.188. The standard InChI is InChI=1S/C10H12BrNOS/c11-6-9-2-1-4-12(9)10(13)8-3-5-14-7-8/h3,5,7,9H,1-2,4,6H2. The van der Waals surface area contributed by atoms with Crippen molar-refractivity contribution in [3.8, 4) is 0 Å². The number of alkyl halides is 1. The minimum Gasteiger partial charge on any atom is -0.335 e. The molecule has 0 N–H and O–H groups in total. The van der Waals surface area contributed by atoms with Gasteiger partial charge in [-0.25, -0.2) is 0 Å². The number of amides is 1. The topological polar surface area (TPSA) is 20.3 Å². The molecule has 1 aromatic heterocycles. The maximum atomic E-state index is 12.0. The monoisotopic (exact) mass is 273 g/mol. The van der Waals surface area contributed by atoms with E-state index in [-0.39, 0.29) is 5.91 Å². The zero-order chi connectivity index (χ0) is 9.97. The Labute approximate surface area is 96.0 Å². The summed E-state index contributed by atoms with van der Waals surface area (Å²) < 4.78 is 0. The maximum Gasteiger partial charge on any atom is 0.254 e. The van der Waals surface area contributed by atoms with Crippen LogP contribution in [0.25, 0.3) is 0 Å². The fraction of sp³-hybridized carbons (Fsp3) is 0.500. The highest BCUT2D eigenvalue weighted by atomic mass is 79.9. The van der Waals surface area contributed by atoms with Gasteiger partial charge in [-0.05, 0) is 24.3 Å². The van der Waals surface area contributed by atoms with Gasteiger partial charge in [0.25, 0.3) is 5.91 Å². The zero-order valence-corrected chi connectivity index (χ0v) is 10.2. The van der Waals surface area contributed by atoms with Gasteiger partial charge in [0.15, 0.2) is 0 Å². The van der Waals surface area contributed by atoms with Crippen molar-refractivity contribution in [3.63, 3.8) is 0 Å². The van der Waals surface area contributed by atoms with E-state index < -0.39 is 0 Å². The van der Waals surface area contributed by atoms with Gasteiger partial charge in [0, 0.05) is 23.3 Å². The molecule has 2 nitrogen and oxygen atoms in total. The molecule has 4 heteroatoms. The van der Waals surface area contributed by atoms with Crippen molar-refractivity contribution in [1.29, 1.82) is 0 Å². The third-order valence-corrected chi connectivity index (χ3v) is 4.01. The van der Waals surface area contributed by atoms with Crippen LogP contribution in [0.1, 0.15) is 23.2 Å². The predicted molar refractivity (Wildman–Crippen MR) is 62.2 cm³/mol. The Morgan fingerprint density at radius 3 is 3.21 bits per heavy atom. The Kier molecular flexibility index (Phi) is 3.23. The first-order valence-corrected chi connectivity index (χ1v) is 6.78. The van der Waals surface area contributed by atoms with Crippen molar-refractivity contribution in [2.24, 2.45) is 0 Å². The van der Waals surface area contributed by atoms with Gasteiger partial charge in [0.2, 0.25) is 0 Å². The summed E-state index contributed by atoms with van der Waals surface area (Å²) in [7, 11) is 0. The van der Waals surface area contributed by atoms with Crippen LogP contribution in [0.2, 0.25) is 0 Å². The van der Waals surface area contributed by atoms with Crippen LogP contribution in [0.4, 0.5) is 0 Å². The average molecular weight is 274 g/mol. The average Bonchev–Trinajstić information content (AvgIpc) is 2.87. The van der Waals surface area contributed by atoms with Crippen molar-refractivity contribution in [2.45, 2.75) is 18.9 Å². The van der Waals surface area contributed by atoms with Gasteiger partial charge < -0.3 is 4.90 Å². The van der Waals surface area contributed by atoms with Gasteiger partial charge in [-0.2, -0.15) is 11.3 Å². The minimum absolute atomic E-state index is 0.188. The lowest BCUT2D eigenvalue weighted by Gasteiger charge is -2.22. The Morgan fingerprint density at radius 1 is 1.71 bits per heavy atom. The highest BCUT2D eigenvalue weighted by Crippen LogP contribution is 2.22. The Morgan fingerprint density at radius 2 is 2.57 bits per heavy atom. The number of carbonyl (C=O) groups is 1. The van der Waals surface area contributed by atoms with Crippen LogP contribution in [-0.4, -0.2) is 28.7 Å². The molecule has 1 fully saturated rings. The van der Waals surface area contributed by atoms with Crippen LogP contribution >= 0.6 is 27.3 Å². The highest BCUT2D eigenvalue weighted by Gasteiger charge is 2.28. The Bertz CT molecular complexity index is 312. The van der Waals surface area contributed by atoms with E-state index in [1.54, 1.807) is 11.3 Å². The van der Waals surface area contributed by atoms with Crippen LogP contribution in [0, 0.1) is 0 Å². The molecule has 0 saturated carbocycles. The molecule has 0 aliphatic carbocycles. The molecule has 0 aromatic carbocycles. The van der Waals surface area contributed by atoms with E-state index in [1.165, 1.54) is 0 Å². The van der Waals surface area contributed by atoms with E-state index in [4.69, 9.17) is 0 Å². The van der Waals surface area contributed by atoms with Crippen molar-refractivity contribution >= 4 is 33.2 Å².